The van der Waals surface area contributed by atoms with Crippen molar-refractivity contribution < 1.29 is 14.3 Å². The summed E-state index contributed by atoms with van der Waals surface area (Å²) in [6.45, 7) is 1.72. The van der Waals surface area contributed by atoms with Crippen LogP contribution in [0, 0.1) is 5.92 Å². The van der Waals surface area contributed by atoms with E-state index in [1.807, 2.05) is 11.0 Å². The normalized spacial score (nSPS) is 17.8. The van der Waals surface area contributed by atoms with E-state index in [4.69, 9.17) is 0 Å². The van der Waals surface area contributed by atoms with E-state index >= 15 is 0 Å². The molecule has 1 aromatic carbocycles. The Morgan fingerprint density at radius 3 is 2.74 bits per heavy atom. The number of benzene rings is 1. The summed E-state index contributed by atoms with van der Waals surface area (Å²) in [5.74, 6) is 0.531. The number of hydrogen-bond acceptors (Lipinski definition) is 3. The summed E-state index contributed by atoms with van der Waals surface area (Å²) in [4.78, 5) is 25.3. The molecule has 1 aliphatic heterocycles. The first kappa shape index (κ1) is 17.5. The number of hydrogen-bond donors (Lipinski definition) is 0. The highest BCUT2D eigenvalue weighted by atomic mass is 16.5. The molecule has 0 saturated carbocycles. The van der Waals surface area contributed by atoms with Crippen molar-refractivity contribution in [3.8, 4) is 0 Å². The van der Waals surface area contributed by atoms with E-state index < -0.39 is 0 Å². The zero-order chi connectivity index (χ0) is 16.5. The molecule has 1 aromatic rings. The molecule has 126 valence electrons. The minimum Gasteiger partial charge on any atom is -0.469 e. The van der Waals surface area contributed by atoms with Crippen LogP contribution in [-0.4, -0.2) is 37.0 Å². The molecule has 1 fully saturated rings. The smallest absolute Gasteiger partial charge is 0.305 e. The molecule has 1 atom stereocenters. The number of piperidine rings is 1. The lowest BCUT2D eigenvalue weighted by atomic mass is 9.91. The van der Waals surface area contributed by atoms with Crippen LogP contribution in [0.1, 0.15) is 44.1 Å². The first-order chi connectivity index (χ1) is 11.2. The molecular formula is C19H27NO3. The first-order valence-corrected chi connectivity index (χ1v) is 8.57. The van der Waals surface area contributed by atoms with Gasteiger partial charge in [0.2, 0.25) is 5.91 Å². The third-order valence-electron chi connectivity index (χ3n) is 4.55. The highest BCUT2D eigenvalue weighted by Gasteiger charge is 2.23. The maximum atomic E-state index is 12.3. The van der Waals surface area contributed by atoms with Crippen molar-refractivity contribution in [2.75, 3.05) is 20.2 Å². The number of nitrogens with zero attached hydrogens (tertiary/aromatic N) is 1. The molecule has 0 N–H and O–H groups in total. The summed E-state index contributed by atoms with van der Waals surface area (Å²) in [7, 11) is 1.38. The third-order valence-corrected chi connectivity index (χ3v) is 4.55. The summed E-state index contributed by atoms with van der Waals surface area (Å²) >= 11 is 0. The molecule has 0 unspecified atom stereocenters. The number of carbonyl (C=O) groups excluding carboxylic acids is 2. The molecule has 0 radical (unpaired) electrons. The molecule has 0 spiro atoms. The lowest BCUT2D eigenvalue weighted by Gasteiger charge is -2.33. The van der Waals surface area contributed by atoms with Gasteiger partial charge in [-0.25, -0.2) is 0 Å². The van der Waals surface area contributed by atoms with Gasteiger partial charge in [-0.1, -0.05) is 30.3 Å². The molecule has 4 heteroatoms. The number of ether oxygens (including phenoxy) is 1. The van der Waals surface area contributed by atoms with Crippen LogP contribution in [0.25, 0.3) is 0 Å². The molecule has 0 aliphatic carbocycles. The largest absolute Gasteiger partial charge is 0.469 e. The number of rotatable bonds is 7. The summed E-state index contributed by atoms with van der Waals surface area (Å²) in [6.07, 6.45) is 5.86. The van der Waals surface area contributed by atoms with Crippen LogP contribution >= 0.6 is 0 Å². The number of esters is 1. The fourth-order valence-electron chi connectivity index (χ4n) is 3.19. The number of methoxy groups -OCH3 is 1. The van der Waals surface area contributed by atoms with Gasteiger partial charge in [0.25, 0.3) is 0 Å². The predicted octanol–water partition coefficient (Wildman–Crippen LogP) is 3.20. The van der Waals surface area contributed by atoms with E-state index in [0.717, 1.165) is 32.4 Å². The molecule has 1 heterocycles. The minimum atomic E-state index is -0.239. The zero-order valence-corrected chi connectivity index (χ0v) is 14.0. The van der Waals surface area contributed by atoms with Crippen molar-refractivity contribution >= 4 is 11.9 Å². The van der Waals surface area contributed by atoms with Gasteiger partial charge in [0, 0.05) is 25.9 Å². The summed E-state index contributed by atoms with van der Waals surface area (Å²) in [5, 5.41) is 0. The minimum absolute atomic E-state index is 0.179. The molecule has 0 bridgehead atoms. The van der Waals surface area contributed by atoms with Crippen LogP contribution in [0.2, 0.25) is 0 Å². The Kier molecular flexibility index (Phi) is 7.11. The van der Waals surface area contributed by atoms with Gasteiger partial charge in [-0.2, -0.15) is 0 Å². The molecule has 0 aromatic heterocycles. The zero-order valence-electron chi connectivity index (χ0n) is 14.0. The average molecular weight is 317 g/mol. The second kappa shape index (κ2) is 9.33. The van der Waals surface area contributed by atoms with E-state index in [-0.39, 0.29) is 11.9 Å². The van der Waals surface area contributed by atoms with Gasteiger partial charge >= 0.3 is 5.97 Å². The van der Waals surface area contributed by atoms with Gasteiger partial charge in [0.15, 0.2) is 0 Å². The lowest BCUT2D eigenvalue weighted by molar-refractivity contribution is -0.141. The van der Waals surface area contributed by atoms with E-state index in [1.165, 1.54) is 19.1 Å². The van der Waals surface area contributed by atoms with Crippen molar-refractivity contribution in [1.82, 2.24) is 4.90 Å². The number of carbonyl (C=O) groups is 2. The van der Waals surface area contributed by atoms with Gasteiger partial charge < -0.3 is 9.64 Å². The Labute approximate surface area is 138 Å². The fourth-order valence-corrected chi connectivity index (χ4v) is 3.19. The Hall–Kier alpha value is -1.84. The van der Waals surface area contributed by atoms with Crippen molar-refractivity contribution in [2.24, 2.45) is 5.92 Å². The monoisotopic (exact) mass is 317 g/mol. The molecule has 2 rings (SSSR count). The van der Waals surface area contributed by atoms with Gasteiger partial charge in [-0.15, -0.1) is 0 Å². The first-order valence-electron chi connectivity index (χ1n) is 8.57. The second-order valence-corrected chi connectivity index (χ2v) is 6.30. The standard InChI is InChI=1S/C19H27NO3/c1-23-19(22)11-5-10-18(21)20-14-6-9-17(15-20)13-12-16-7-3-2-4-8-16/h2-4,7-8,17H,5-6,9-15H2,1H3/t17-/m1/s1. The third kappa shape index (κ3) is 6.05. The van der Waals surface area contributed by atoms with Crippen molar-refractivity contribution in [3.05, 3.63) is 35.9 Å². The molecule has 1 amide bonds. The van der Waals surface area contributed by atoms with Crippen LogP contribution in [0.3, 0.4) is 0 Å². The fraction of sp³-hybridized carbons (Fsp3) is 0.579. The van der Waals surface area contributed by atoms with E-state index in [1.54, 1.807) is 0 Å². The Morgan fingerprint density at radius 2 is 2.00 bits per heavy atom. The SMILES string of the molecule is COC(=O)CCCC(=O)N1CCC[C@H](CCc2ccccc2)C1. The Balaban J connectivity index is 1.72. The van der Waals surface area contributed by atoms with Crippen LogP contribution < -0.4 is 0 Å². The van der Waals surface area contributed by atoms with Gasteiger partial charge in [-0.05, 0) is 43.6 Å². The van der Waals surface area contributed by atoms with Crippen LogP contribution in [0.5, 0.6) is 0 Å². The van der Waals surface area contributed by atoms with E-state index in [2.05, 4.69) is 29.0 Å². The molecular weight excluding hydrogens is 290 g/mol. The van der Waals surface area contributed by atoms with E-state index in [0.29, 0.717) is 25.2 Å². The second-order valence-electron chi connectivity index (χ2n) is 6.30. The average Bonchev–Trinajstić information content (AvgIpc) is 2.60. The van der Waals surface area contributed by atoms with E-state index in [9.17, 15) is 9.59 Å². The number of likely N-dealkylation sites (tertiary alicyclic amines) is 1. The molecule has 1 saturated heterocycles. The van der Waals surface area contributed by atoms with Crippen molar-refractivity contribution in [3.63, 3.8) is 0 Å². The molecule has 1 aliphatic rings. The van der Waals surface area contributed by atoms with Crippen LogP contribution in [0.4, 0.5) is 0 Å². The number of aryl methyl sites for hydroxylation is 1. The topological polar surface area (TPSA) is 46.6 Å². The highest BCUT2D eigenvalue weighted by Crippen LogP contribution is 2.22. The summed E-state index contributed by atoms with van der Waals surface area (Å²) < 4.78 is 4.60. The predicted molar refractivity (Wildman–Crippen MR) is 89.9 cm³/mol. The summed E-state index contributed by atoms with van der Waals surface area (Å²) in [5.41, 5.74) is 1.37. The van der Waals surface area contributed by atoms with Gasteiger partial charge in [0.05, 0.1) is 7.11 Å². The highest BCUT2D eigenvalue weighted by molar-refractivity contribution is 5.77. The maximum Gasteiger partial charge on any atom is 0.305 e. The number of amides is 1. The Bertz CT molecular complexity index is 501. The van der Waals surface area contributed by atoms with Gasteiger partial charge in [0.1, 0.15) is 0 Å². The van der Waals surface area contributed by atoms with Crippen molar-refractivity contribution in [2.45, 2.75) is 44.9 Å². The summed E-state index contributed by atoms with van der Waals surface area (Å²) in [6, 6.07) is 10.5. The molecule has 4 nitrogen and oxygen atoms in total. The maximum absolute atomic E-state index is 12.3. The lowest BCUT2D eigenvalue weighted by Crippen LogP contribution is -2.40. The van der Waals surface area contributed by atoms with Crippen LogP contribution in [-0.2, 0) is 20.7 Å². The van der Waals surface area contributed by atoms with Crippen LogP contribution in [0.15, 0.2) is 30.3 Å². The van der Waals surface area contributed by atoms with Gasteiger partial charge in [-0.3, -0.25) is 9.59 Å². The molecule has 23 heavy (non-hydrogen) atoms. The van der Waals surface area contributed by atoms with Crippen molar-refractivity contribution in [1.29, 1.82) is 0 Å². The quantitative estimate of drug-likeness (QED) is 0.726. The Morgan fingerprint density at radius 1 is 1.22 bits per heavy atom.